The van der Waals surface area contributed by atoms with Crippen molar-refractivity contribution in [2.24, 2.45) is 11.1 Å². The van der Waals surface area contributed by atoms with Crippen LogP contribution in [0, 0.1) is 12.3 Å². The first-order valence-electron chi connectivity index (χ1n) is 13.3. The van der Waals surface area contributed by atoms with E-state index in [-0.39, 0.29) is 17.5 Å². The summed E-state index contributed by atoms with van der Waals surface area (Å²) in [5.41, 5.74) is 7.93. The molecule has 0 radical (unpaired) electrons. The van der Waals surface area contributed by atoms with Gasteiger partial charge in [-0.1, -0.05) is 31.0 Å². The molecule has 39 heavy (non-hydrogen) atoms. The molecule has 0 saturated heterocycles. The van der Waals surface area contributed by atoms with E-state index < -0.39 is 11.3 Å². The Labute approximate surface area is 225 Å². The zero-order valence-electron chi connectivity index (χ0n) is 21.8. The summed E-state index contributed by atoms with van der Waals surface area (Å²) in [6.45, 7) is 1.90. The minimum Gasteiger partial charge on any atom is -0.369 e. The molecular weight excluding hydrogens is 492 g/mol. The number of aromatic nitrogens is 3. The van der Waals surface area contributed by atoms with Gasteiger partial charge in [-0.05, 0) is 74.6 Å². The molecular formula is C30H30N6O3. The predicted molar refractivity (Wildman–Crippen MR) is 150 cm³/mol. The first-order chi connectivity index (χ1) is 18.9. The second-order valence-corrected chi connectivity index (χ2v) is 10.5. The van der Waals surface area contributed by atoms with Gasteiger partial charge >= 0.3 is 0 Å². The number of nitrogens with two attached hydrogens (primary N) is 1. The normalized spacial score (nSPS) is 16.2. The molecule has 0 unspecified atom stereocenters. The molecule has 2 amide bonds. The number of hydrogen-bond acceptors (Lipinski definition) is 6. The minimum atomic E-state index is -1.15. The van der Waals surface area contributed by atoms with E-state index in [1.54, 1.807) is 17.2 Å². The van der Waals surface area contributed by atoms with Crippen molar-refractivity contribution in [1.29, 1.82) is 0 Å². The van der Waals surface area contributed by atoms with Crippen LogP contribution >= 0.6 is 0 Å². The number of carbonyl (C=O) groups excluding carboxylic acids is 2. The number of benzene rings is 2. The third kappa shape index (κ3) is 4.43. The summed E-state index contributed by atoms with van der Waals surface area (Å²) in [4.78, 5) is 49.4. The molecule has 0 spiro atoms. The molecule has 2 aliphatic rings. The van der Waals surface area contributed by atoms with Crippen molar-refractivity contribution < 1.29 is 9.59 Å². The van der Waals surface area contributed by atoms with Crippen molar-refractivity contribution in [1.82, 2.24) is 14.5 Å². The van der Waals surface area contributed by atoms with Gasteiger partial charge in [-0.2, -0.15) is 4.98 Å². The highest BCUT2D eigenvalue weighted by Crippen LogP contribution is 2.49. The molecule has 0 atom stereocenters. The summed E-state index contributed by atoms with van der Waals surface area (Å²) in [6.07, 6.45) is 6.83. The van der Waals surface area contributed by atoms with Crippen LogP contribution in [0.3, 0.4) is 0 Å². The standard InChI is InChI=1S/C30H30N6O3/c1-19-17-25(37)36(22-9-5-6-10-22)26-24(19)18-32-29(34-26)33-20-11-13-23(14-12-20)35(21-7-3-2-4-8-21)28(39)30(15-16-30)27(31)38/h2-4,7-8,11-14,17-18,22H,5-6,9-10,15-16H2,1H3,(H2,31,38)(H,32,33,34). The zero-order chi connectivity index (χ0) is 27.1. The lowest BCUT2D eigenvalue weighted by Gasteiger charge is -2.26. The van der Waals surface area contributed by atoms with Crippen LogP contribution in [0.25, 0.3) is 11.0 Å². The number of primary amides is 1. The molecule has 0 aliphatic heterocycles. The Bertz CT molecular complexity index is 1620. The molecule has 3 N–H and O–H groups in total. The Morgan fingerprint density at radius 2 is 1.69 bits per heavy atom. The van der Waals surface area contributed by atoms with Gasteiger partial charge in [-0.15, -0.1) is 0 Å². The Morgan fingerprint density at radius 1 is 1.03 bits per heavy atom. The fraction of sp³-hybridized carbons (Fsp3) is 0.300. The van der Waals surface area contributed by atoms with Crippen molar-refractivity contribution in [3.05, 3.63) is 82.8 Å². The molecule has 0 bridgehead atoms. The first-order valence-corrected chi connectivity index (χ1v) is 13.3. The number of amides is 2. The highest BCUT2D eigenvalue weighted by atomic mass is 16.2. The average molecular weight is 523 g/mol. The lowest BCUT2D eigenvalue weighted by Crippen LogP contribution is -2.41. The van der Waals surface area contributed by atoms with Crippen LogP contribution in [0.15, 0.2) is 71.7 Å². The molecule has 9 nitrogen and oxygen atoms in total. The second-order valence-electron chi connectivity index (χ2n) is 10.5. The number of anilines is 4. The maximum absolute atomic E-state index is 13.5. The van der Waals surface area contributed by atoms with Crippen LogP contribution in [0.4, 0.5) is 23.0 Å². The Balaban J connectivity index is 1.32. The van der Waals surface area contributed by atoms with Crippen molar-refractivity contribution in [2.45, 2.75) is 51.5 Å². The van der Waals surface area contributed by atoms with Gasteiger partial charge in [0.25, 0.3) is 5.56 Å². The average Bonchev–Trinajstić information content (AvgIpc) is 3.59. The predicted octanol–water partition coefficient (Wildman–Crippen LogP) is 4.89. The number of fused-ring (bicyclic) bond motifs is 1. The van der Waals surface area contributed by atoms with Crippen LogP contribution < -0.4 is 21.5 Å². The number of hydrogen-bond donors (Lipinski definition) is 2. The van der Waals surface area contributed by atoms with Crippen LogP contribution in [0.1, 0.15) is 50.1 Å². The fourth-order valence-electron chi connectivity index (χ4n) is 5.54. The molecule has 2 heterocycles. The molecule has 4 aromatic rings. The monoisotopic (exact) mass is 522 g/mol. The Morgan fingerprint density at radius 3 is 2.33 bits per heavy atom. The van der Waals surface area contributed by atoms with E-state index in [1.807, 2.05) is 66.1 Å². The first kappa shape index (κ1) is 24.8. The number of pyridine rings is 1. The number of nitrogens with one attached hydrogen (secondary N) is 1. The highest BCUT2D eigenvalue weighted by molar-refractivity contribution is 6.16. The number of carbonyl (C=O) groups is 2. The van der Waals surface area contributed by atoms with Crippen LogP contribution in [-0.4, -0.2) is 26.3 Å². The van der Waals surface area contributed by atoms with E-state index in [2.05, 4.69) is 10.3 Å². The van der Waals surface area contributed by atoms with E-state index in [4.69, 9.17) is 10.7 Å². The summed E-state index contributed by atoms with van der Waals surface area (Å²) in [7, 11) is 0. The highest BCUT2D eigenvalue weighted by Gasteiger charge is 2.57. The van der Waals surface area contributed by atoms with Gasteiger partial charge in [0.2, 0.25) is 17.8 Å². The minimum absolute atomic E-state index is 0.0315. The summed E-state index contributed by atoms with van der Waals surface area (Å²) in [6, 6.07) is 18.3. The largest absolute Gasteiger partial charge is 0.369 e. The molecule has 2 aliphatic carbocycles. The Hall–Kier alpha value is -4.53. The topological polar surface area (TPSA) is 123 Å². The number of aryl methyl sites for hydroxylation is 1. The molecule has 198 valence electrons. The van der Waals surface area contributed by atoms with Gasteiger partial charge in [-0.3, -0.25) is 23.9 Å². The fourth-order valence-corrected chi connectivity index (χ4v) is 5.54. The van der Waals surface area contributed by atoms with E-state index in [9.17, 15) is 14.4 Å². The summed E-state index contributed by atoms with van der Waals surface area (Å²) in [5.74, 6) is -0.528. The smallest absolute Gasteiger partial charge is 0.252 e. The van der Waals surface area contributed by atoms with Gasteiger partial charge in [-0.25, -0.2) is 4.98 Å². The number of nitrogens with zero attached hydrogens (tertiary/aromatic N) is 4. The van der Waals surface area contributed by atoms with Crippen LogP contribution in [-0.2, 0) is 9.59 Å². The summed E-state index contributed by atoms with van der Waals surface area (Å²) >= 11 is 0. The molecule has 9 heteroatoms. The lowest BCUT2D eigenvalue weighted by atomic mass is 10.0. The summed E-state index contributed by atoms with van der Waals surface area (Å²) in [5, 5.41) is 4.10. The van der Waals surface area contributed by atoms with Gasteiger partial charge < -0.3 is 11.1 Å². The Kier molecular flexibility index (Phi) is 6.13. The van der Waals surface area contributed by atoms with Crippen molar-refractivity contribution in [3.63, 3.8) is 0 Å². The quantitative estimate of drug-likeness (QED) is 0.333. The van der Waals surface area contributed by atoms with E-state index >= 15 is 0 Å². The molecule has 6 rings (SSSR count). The number of rotatable bonds is 7. The summed E-state index contributed by atoms with van der Waals surface area (Å²) < 4.78 is 1.82. The number of para-hydroxylation sites is 1. The third-order valence-corrected chi connectivity index (χ3v) is 7.92. The molecule has 2 saturated carbocycles. The van der Waals surface area contributed by atoms with E-state index in [0.29, 0.717) is 35.8 Å². The molecule has 2 fully saturated rings. The van der Waals surface area contributed by atoms with Crippen LogP contribution in [0.2, 0.25) is 0 Å². The second kappa shape index (κ2) is 9.65. The van der Waals surface area contributed by atoms with Gasteiger partial charge in [0.1, 0.15) is 11.1 Å². The maximum Gasteiger partial charge on any atom is 0.252 e. The van der Waals surface area contributed by atoms with E-state index in [0.717, 1.165) is 42.3 Å². The zero-order valence-corrected chi connectivity index (χ0v) is 21.8. The van der Waals surface area contributed by atoms with Gasteiger partial charge in [0, 0.05) is 40.8 Å². The van der Waals surface area contributed by atoms with Gasteiger partial charge in [0.05, 0.1) is 0 Å². The molecule has 2 aromatic carbocycles. The third-order valence-electron chi connectivity index (χ3n) is 7.92. The lowest BCUT2D eigenvalue weighted by molar-refractivity contribution is -0.133. The molecule has 2 aromatic heterocycles. The van der Waals surface area contributed by atoms with Crippen LogP contribution in [0.5, 0.6) is 0 Å². The van der Waals surface area contributed by atoms with Crippen molar-refractivity contribution in [2.75, 3.05) is 10.2 Å². The van der Waals surface area contributed by atoms with Crippen molar-refractivity contribution >= 4 is 45.9 Å². The van der Waals surface area contributed by atoms with Crippen molar-refractivity contribution in [3.8, 4) is 0 Å². The SMILES string of the molecule is Cc1cc(=O)n(C2CCCC2)c2nc(Nc3ccc(N(C(=O)C4(C(N)=O)CC4)c4ccccc4)cc3)ncc12. The van der Waals surface area contributed by atoms with Gasteiger partial charge in [0.15, 0.2) is 0 Å². The van der Waals surface area contributed by atoms with E-state index in [1.165, 1.54) is 0 Å². The maximum atomic E-state index is 13.5.